The van der Waals surface area contributed by atoms with Crippen molar-refractivity contribution in [2.45, 2.75) is 46.0 Å². The number of fused-ring (bicyclic) bond motifs is 1. The van der Waals surface area contributed by atoms with Gasteiger partial charge in [0.05, 0.1) is 12.2 Å². The van der Waals surface area contributed by atoms with Crippen molar-refractivity contribution in [3.63, 3.8) is 0 Å². The van der Waals surface area contributed by atoms with Crippen molar-refractivity contribution in [3.05, 3.63) is 23.8 Å². The molecule has 0 radical (unpaired) electrons. The van der Waals surface area contributed by atoms with Crippen LogP contribution in [-0.4, -0.2) is 25.5 Å². The summed E-state index contributed by atoms with van der Waals surface area (Å²) in [7, 11) is 0. The van der Waals surface area contributed by atoms with Crippen LogP contribution >= 0.6 is 0 Å². The highest BCUT2D eigenvalue weighted by atomic mass is 16.5. The third kappa shape index (κ3) is 3.75. The van der Waals surface area contributed by atoms with Crippen LogP contribution in [0, 0.1) is 0 Å². The van der Waals surface area contributed by atoms with Gasteiger partial charge in [-0.3, -0.25) is 4.79 Å². The minimum absolute atomic E-state index is 0.112. The van der Waals surface area contributed by atoms with E-state index in [9.17, 15) is 4.79 Å². The summed E-state index contributed by atoms with van der Waals surface area (Å²) in [6, 6.07) is 5.75. The molecule has 1 heterocycles. The van der Waals surface area contributed by atoms with Crippen LogP contribution in [0.5, 0.6) is 5.75 Å². The third-order valence-electron chi connectivity index (χ3n) is 3.86. The number of hydrogen-bond acceptors (Lipinski definition) is 3. The number of rotatable bonds is 7. The molecule has 0 fully saturated rings. The largest absolute Gasteiger partial charge is 0.490 e. The first-order valence-electron chi connectivity index (χ1n) is 7.75. The van der Waals surface area contributed by atoms with Gasteiger partial charge in [-0.25, -0.2) is 0 Å². The number of benzene rings is 1. The van der Waals surface area contributed by atoms with Gasteiger partial charge in [0.15, 0.2) is 5.78 Å². The van der Waals surface area contributed by atoms with Crippen molar-refractivity contribution in [2.24, 2.45) is 0 Å². The lowest BCUT2D eigenvalue weighted by Crippen LogP contribution is -2.33. The first-order valence-corrected chi connectivity index (χ1v) is 7.75. The highest BCUT2D eigenvalue weighted by Crippen LogP contribution is 2.32. The summed E-state index contributed by atoms with van der Waals surface area (Å²) in [5, 5.41) is 0. The molecule has 0 bridgehead atoms. The Morgan fingerprint density at radius 3 is 2.80 bits per heavy atom. The number of carbonyl (C=O) groups excluding carboxylic acids is 1. The van der Waals surface area contributed by atoms with Gasteiger partial charge in [0.25, 0.3) is 0 Å². The van der Waals surface area contributed by atoms with Gasteiger partial charge in [0.2, 0.25) is 0 Å². The first kappa shape index (κ1) is 14.9. The summed E-state index contributed by atoms with van der Waals surface area (Å²) in [6.45, 7) is 6.56. The van der Waals surface area contributed by atoms with Crippen LogP contribution in [0.25, 0.3) is 0 Å². The molecular weight excluding hydrogens is 250 g/mol. The van der Waals surface area contributed by atoms with Crippen molar-refractivity contribution >= 4 is 11.5 Å². The number of nitrogens with zero attached hydrogens (tertiary/aromatic N) is 1. The SMILES string of the molecule is CCCCCCCN1CCOc2ccc(C(C)=O)cc21. The first-order chi connectivity index (χ1) is 9.72. The van der Waals surface area contributed by atoms with E-state index in [4.69, 9.17) is 4.74 Å². The fraction of sp³-hybridized carbons (Fsp3) is 0.588. The van der Waals surface area contributed by atoms with E-state index in [2.05, 4.69) is 11.8 Å². The molecule has 0 aliphatic carbocycles. The summed E-state index contributed by atoms with van der Waals surface area (Å²) < 4.78 is 5.68. The maximum absolute atomic E-state index is 11.5. The third-order valence-corrected chi connectivity index (χ3v) is 3.86. The molecule has 3 nitrogen and oxygen atoms in total. The van der Waals surface area contributed by atoms with Crippen molar-refractivity contribution in [2.75, 3.05) is 24.6 Å². The Kier molecular flexibility index (Phi) is 5.45. The number of Topliss-reactive ketones (excluding diaryl/α,β-unsaturated/α-hetero) is 1. The lowest BCUT2D eigenvalue weighted by molar-refractivity contribution is 0.101. The topological polar surface area (TPSA) is 29.5 Å². The lowest BCUT2D eigenvalue weighted by Gasteiger charge is -2.31. The van der Waals surface area contributed by atoms with Gasteiger partial charge >= 0.3 is 0 Å². The van der Waals surface area contributed by atoms with E-state index in [1.54, 1.807) is 6.92 Å². The molecule has 1 aromatic carbocycles. The minimum Gasteiger partial charge on any atom is -0.490 e. The highest BCUT2D eigenvalue weighted by Gasteiger charge is 2.18. The Labute approximate surface area is 121 Å². The number of ketones is 1. The average molecular weight is 275 g/mol. The zero-order chi connectivity index (χ0) is 14.4. The van der Waals surface area contributed by atoms with Crippen molar-refractivity contribution in [3.8, 4) is 5.75 Å². The number of hydrogen-bond donors (Lipinski definition) is 0. The van der Waals surface area contributed by atoms with Gasteiger partial charge in [-0.05, 0) is 31.5 Å². The highest BCUT2D eigenvalue weighted by molar-refractivity contribution is 5.95. The van der Waals surface area contributed by atoms with Crippen molar-refractivity contribution in [1.82, 2.24) is 0 Å². The van der Waals surface area contributed by atoms with E-state index in [1.807, 2.05) is 18.2 Å². The quantitative estimate of drug-likeness (QED) is 0.555. The van der Waals surface area contributed by atoms with Crippen LogP contribution in [0.1, 0.15) is 56.3 Å². The Morgan fingerprint density at radius 1 is 1.25 bits per heavy atom. The van der Waals surface area contributed by atoms with Gasteiger partial charge in [-0.2, -0.15) is 0 Å². The van der Waals surface area contributed by atoms with E-state index in [0.717, 1.165) is 36.7 Å². The number of anilines is 1. The molecule has 0 spiro atoms. The van der Waals surface area contributed by atoms with E-state index in [1.165, 1.54) is 32.1 Å². The molecule has 20 heavy (non-hydrogen) atoms. The normalized spacial score (nSPS) is 13.8. The molecule has 0 N–H and O–H groups in total. The van der Waals surface area contributed by atoms with Gasteiger partial charge in [0.1, 0.15) is 12.4 Å². The molecule has 3 heteroatoms. The number of unbranched alkanes of at least 4 members (excludes halogenated alkanes) is 4. The maximum atomic E-state index is 11.5. The van der Waals surface area contributed by atoms with Gasteiger partial charge in [-0.1, -0.05) is 32.6 Å². The van der Waals surface area contributed by atoms with E-state index < -0.39 is 0 Å². The molecule has 2 rings (SSSR count). The second-order valence-electron chi connectivity index (χ2n) is 5.49. The van der Waals surface area contributed by atoms with Gasteiger partial charge in [0, 0.05) is 12.1 Å². The zero-order valence-electron chi connectivity index (χ0n) is 12.7. The Bertz CT molecular complexity index is 456. The fourth-order valence-electron chi connectivity index (χ4n) is 2.63. The summed E-state index contributed by atoms with van der Waals surface area (Å²) in [5.74, 6) is 1.02. The monoisotopic (exact) mass is 275 g/mol. The van der Waals surface area contributed by atoms with E-state index in [-0.39, 0.29) is 5.78 Å². The van der Waals surface area contributed by atoms with Crippen LogP contribution in [0.2, 0.25) is 0 Å². The van der Waals surface area contributed by atoms with E-state index in [0.29, 0.717) is 0 Å². The Morgan fingerprint density at radius 2 is 2.05 bits per heavy atom. The van der Waals surface area contributed by atoms with Gasteiger partial charge < -0.3 is 9.64 Å². The molecule has 0 saturated heterocycles. The molecule has 0 aromatic heterocycles. The Balaban J connectivity index is 1.99. The van der Waals surface area contributed by atoms with Crippen LogP contribution in [0.3, 0.4) is 0 Å². The molecular formula is C17H25NO2. The zero-order valence-corrected chi connectivity index (χ0v) is 12.7. The van der Waals surface area contributed by atoms with Crippen LogP contribution in [0.4, 0.5) is 5.69 Å². The fourth-order valence-corrected chi connectivity index (χ4v) is 2.63. The smallest absolute Gasteiger partial charge is 0.159 e. The van der Waals surface area contributed by atoms with Crippen LogP contribution < -0.4 is 9.64 Å². The maximum Gasteiger partial charge on any atom is 0.159 e. The molecule has 0 atom stereocenters. The molecule has 0 saturated carbocycles. The van der Waals surface area contributed by atoms with Crippen molar-refractivity contribution in [1.29, 1.82) is 0 Å². The molecule has 1 aromatic rings. The molecule has 0 amide bonds. The molecule has 1 aliphatic heterocycles. The van der Waals surface area contributed by atoms with Crippen molar-refractivity contribution < 1.29 is 9.53 Å². The summed E-state index contributed by atoms with van der Waals surface area (Å²) in [6.07, 6.45) is 6.42. The second-order valence-corrected chi connectivity index (χ2v) is 5.49. The Hall–Kier alpha value is -1.51. The standard InChI is InChI=1S/C17H25NO2/c1-3-4-5-6-7-10-18-11-12-20-17-9-8-15(14(2)19)13-16(17)18/h8-9,13H,3-7,10-12H2,1-2H3. The van der Waals surface area contributed by atoms with Crippen LogP contribution in [-0.2, 0) is 0 Å². The summed E-state index contributed by atoms with van der Waals surface area (Å²) >= 11 is 0. The number of ether oxygens (including phenoxy) is 1. The summed E-state index contributed by atoms with van der Waals surface area (Å²) in [5.41, 5.74) is 1.85. The molecule has 110 valence electrons. The molecule has 0 unspecified atom stereocenters. The number of carbonyl (C=O) groups is 1. The van der Waals surface area contributed by atoms with Gasteiger partial charge in [-0.15, -0.1) is 0 Å². The predicted molar refractivity (Wildman–Crippen MR) is 82.9 cm³/mol. The minimum atomic E-state index is 0.112. The molecule has 1 aliphatic rings. The van der Waals surface area contributed by atoms with Crippen LogP contribution in [0.15, 0.2) is 18.2 Å². The summed E-state index contributed by atoms with van der Waals surface area (Å²) in [4.78, 5) is 13.9. The second kappa shape index (κ2) is 7.32. The van der Waals surface area contributed by atoms with E-state index >= 15 is 0 Å². The predicted octanol–water partition coefficient (Wildman–Crippen LogP) is 4.06. The average Bonchev–Trinajstić information content (AvgIpc) is 2.46. The lowest BCUT2D eigenvalue weighted by atomic mass is 10.1.